The van der Waals surface area contributed by atoms with Gasteiger partial charge in [-0.25, -0.2) is 0 Å². The molecule has 0 aliphatic rings. The Kier molecular flexibility index (Phi) is 4.64. The van der Waals surface area contributed by atoms with Gasteiger partial charge in [0.05, 0.1) is 0 Å². The van der Waals surface area contributed by atoms with Crippen LogP contribution in [0.1, 0.15) is 5.56 Å². The first-order valence-electron chi connectivity index (χ1n) is 5.73. The van der Waals surface area contributed by atoms with Gasteiger partial charge in [0.1, 0.15) is 0 Å². The van der Waals surface area contributed by atoms with Crippen LogP contribution < -0.4 is 15.0 Å². The van der Waals surface area contributed by atoms with Crippen LogP contribution in [0, 0.1) is 11.3 Å². The molecular formula is C14H10AsN3O2. The topological polar surface area (TPSA) is 82.0 Å². The molecule has 0 radical (unpaired) electrons. The number of carbonyl (C=O) groups is 1. The van der Waals surface area contributed by atoms with Crippen LogP contribution >= 0.6 is 0 Å². The average molecular weight is 327 g/mol. The minimum atomic E-state index is -1.05. The summed E-state index contributed by atoms with van der Waals surface area (Å²) >= 11 is -1.05. The number of hydrogen-bond donors (Lipinski definition) is 2. The standard InChI is InChI=1S/C14H10AsN3O2/c16-9-10-2-1-3-13(8-10)18-14(19)17-12-6-4-11(15-20)5-7-12/h1-8H,(H2,17,18,19). The van der Waals surface area contributed by atoms with E-state index in [1.54, 1.807) is 48.5 Å². The maximum absolute atomic E-state index is 11.8. The van der Waals surface area contributed by atoms with E-state index in [4.69, 9.17) is 5.26 Å². The van der Waals surface area contributed by atoms with Gasteiger partial charge in [-0.1, -0.05) is 0 Å². The van der Waals surface area contributed by atoms with E-state index in [0.717, 1.165) is 4.35 Å². The van der Waals surface area contributed by atoms with Gasteiger partial charge in [-0.05, 0) is 0 Å². The second kappa shape index (κ2) is 6.65. The molecule has 6 heteroatoms. The number of benzene rings is 2. The number of hydrogen-bond acceptors (Lipinski definition) is 3. The molecule has 2 N–H and O–H groups in total. The fourth-order valence-electron chi connectivity index (χ4n) is 1.57. The van der Waals surface area contributed by atoms with Gasteiger partial charge in [0.15, 0.2) is 0 Å². The molecule has 0 bridgehead atoms. The van der Waals surface area contributed by atoms with Crippen molar-refractivity contribution in [2.75, 3.05) is 10.6 Å². The predicted octanol–water partition coefficient (Wildman–Crippen LogP) is 1.88. The van der Waals surface area contributed by atoms with Gasteiger partial charge in [0.2, 0.25) is 0 Å². The van der Waals surface area contributed by atoms with Crippen LogP contribution in [0.4, 0.5) is 16.2 Å². The van der Waals surface area contributed by atoms with Crippen molar-refractivity contribution in [2.45, 2.75) is 0 Å². The number of carbonyl (C=O) groups excluding carboxylic acids is 1. The summed E-state index contributed by atoms with van der Waals surface area (Å²) in [7, 11) is 0. The fraction of sp³-hybridized carbons (Fsp3) is 0. The van der Waals surface area contributed by atoms with Gasteiger partial charge >= 0.3 is 122 Å². The molecule has 0 unspecified atom stereocenters. The molecule has 0 spiro atoms. The van der Waals surface area contributed by atoms with E-state index < -0.39 is 21.7 Å². The summed E-state index contributed by atoms with van der Waals surface area (Å²) in [5.74, 6) is 0. The van der Waals surface area contributed by atoms with Crippen molar-refractivity contribution in [1.29, 1.82) is 5.26 Å². The Morgan fingerprint density at radius 2 is 1.75 bits per heavy atom. The maximum atomic E-state index is 11.8. The first-order chi connectivity index (χ1) is 9.71. The molecule has 2 aromatic carbocycles. The fourth-order valence-corrected chi connectivity index (χ4v) is 2.13. The van der Waals surface area contributed by atoms with Crippen molar-refractivity contribution >= 4 is 37.4 Å². The summed E-state index contributed by atoms with van der Waals surface area (Å²) in [5, 5.41) is 14.1. The van der Waals surface area contributed by atoms with Crippen molar-refractivity contribution in [3.63, 3.8) is 0 Å². The zero-order valence-corrected chi connectivity index (χ0v) is 12.2. The molecule has 20 heavy (non-hydrogen) atoms. The number of nitrogens with one attached hydrogen (secondary N) is 2. The van der Waals surface area contributed by atoms with E-state index in [0.29, 0.717) is 16.9 Å². The molecule has 0 aromatic heterocycles. The van der Waals surface area contributed by atoms with Crippen LogP contribution in [-0.2, 0) is 3.74 Å². The first kappa shape index (κ1) is 14.0. The van der Waals surface area contributed by atoms with Gasteiger partial charge in [-0.3, -0.25) is 0 Å². The van der Waals surface area contributed by atoms with Crippen molar-refractivity contribution < 1.29 is 8.53 Å². The normalized spacial score (nSPS) is 9.75. The van der Waals surface area contributed by atoms with Crippen LogP contribution in [0.2, 0.25) is 0 Å². The third-order valence-corrected chi connectivity index (χ3v) is 3.55. The second-order valence-electron chi connectivity index (χ2n) is 3.91. The van der Waals surface area contributed by atoms with E-state index in [1.165, 1.54) is 0 Å². The summed E-state index contributed by atoms with van der Waals surface area (Å²) in [4.78, 5) is 11.8. The van der Waals surface area contributed by atoms with Gasteiger partial charge < -0.3 is 0 Å². The summed E-state index contributed by atoms with van der Waals surface area (Å²) in [6.07, 6.45) is 0. The average Bonchev–Trinajstić information content (AvgIpc) is 2.48. The third-order valence-electron chi connectivity index (χ3n) is 2.48. The monoisotopic (exact) mass is 327 g/mol. The summed E-state index contributed by atoms with van der Waals surface area (Å²) in [6, 6.07) is 15.0. The Morgan fingerprint density at radius 1 is 1.05 bits per heavy atom. The molecule has 2 aromatic rings. The third kappa shape index (κ3) is 3.77. The molecule has 0 heterocycles. The molecule has 0 saturated carbocycles. The van der Waals surface area contributed by atoms with Crippen molar-refractivity contribution in [3.05, 3.63) is 54.1 Å². The Balaban J connectivity index is 2.01. The summed E-state index contributed by atoms with van der Waals surface area (Å²) in [6.45, 7) is 0. The van der Waals surface area contributed by atoms with Crippen LogP contribution in [0.5, 0.6) is 0 Å². The van der Waals surface area contributed by atoms with Crippen LogP contribution in [-0.4, -0.2) is 21.7 Å². The minimum absolute atomic E-state index is 0.400. The van der Waals surface area contributed by atoms with Gasteiger partial charge in [-0.15, -0.1) is 0 Å². The number of nitrogens with zero attached hydrogens (tertiary/aromatic N) is 1. The second-order valence-corrected chi connectivity index (χ2v) is 5.38. The van der Waals surface area contributed by atoms with Crippen LogP contribution in [0.15, 0.2) is 48.5 Å². The zero-order chi connectivity index (χ0) is 14.4. The van der Waals surface area contributed by atoms with Gasteiger partial charge in [-0.2, -0.15) is 0 Å². The Hall–Kier alpha value is -2.44. The molecule has 0 aliphatic carbocycles. The SMILES string of the molecule is N#Cc1cccc(NC(=O)Nc2ccc([As]=O)cc2)c1. The van der Waals surface area contributed by atoms with Crippen LogP contribution in [0.3, 0.4) is 0 Å². The molecule has 5 nitrogen and oxygen atoms in total. The number of urea groups is 1. The van der Waals surface area contributed by atoms with E-state index in [-0.39, 0.29) is 0 Å². The number of anilines is 2. The number of nitriles is 1. The number of rotatable bonds is 3. The molecule has 0 atom stereocenters. The van der Waals surface area contributed by atoms with Crippen molar-refractivity contribution in [3.8, 4) is 6.07 Å². The molecule has 2 amide bonds. The first-order valence-corrected chi connectivity index (χ1v) is 7.43. The molecule has 2 rings (SSSR count). The van der Waals surface area contributed by atoms with E-state index in [1.807, 2.05) is 6.07 Å². The van der Waals surface area contributed by atoms with Crippen molar-refractivity contribution in [1.82, 2.24) is 0 Å². The van der Waals surface area contributed by atoms with E-state index in [9.17, 15) is 8.53 Å². The van der Waals surface area contributed by atoms with E-state index >= 15 is 0 Å². The van der Waals surface area contributed by atoms with Gasteiger partial charge in [0, 0.05) is 0 Å². The quantitative estimate of drug-likeness (QED) is 0.845. The molecule has 0 saturated heterocycles. The van der Waals surface area contributed by atoms with Gasteiger partial charge in [0.25, 0.3) is 0 Å². The molecule has 98 valence electrons. The predicted molar refractivity (Wildman–Crippen MR) is 76.3 cm³/mol. The summed E-state index contributed by atoms with van der Waals surface area (Å²) in [5.41, 5.74) is 1.63. The molecule has 0 aliphatic heterocycles. The molecule has 0 fully saturated rings. The zero-order valence-electron chi connectivity index (χ0n) is 10.3. The molecular weight excluding hydrogens is 317 g/mol. The van der Waals surface area contributed by atoms with E-state index in [2.05, 4.69) is 10.6 Å². The van der Waals surface area contributed by atoms with Crippen LogP contribution in [0.25, 0.3) is 0 Å². The number of amides is 2. The Labute approximate surface area is 122 Å². The van der Waals surface area contributed by atoms with Crippen molar-refractivity contribution in [2.24, 2.45) is 0 Å². The summed E-state index contributed by atoms with van der Waals surface area (Å²) < 4.78 is 11.5. The Bertz CT molecular complexity index is 678. The Morgan fingerprint density at radius 3 is 2.40 bits per heavy atom.